The van der Waals surface area contributed by atoms with Gasteiger partial charge in [0, 0.05) is 20.0 Å². The topological polar surface area (TPSA) is 69.7 Å². The lowest BCUT2D eigenvalue weighted by atomic mass is 9.81. The summed E-state index contributed by atoms with van der Waals surface area (Å²) in [5.74, 6) is 0. The van der Waals surface area contributed by atoms with Crippen LogP contribution < -0.4 is 0 Å². The Bertz CT molecular complexity index is 421. The average Bonchev–Trinajstić information content (AvgIpc) is 2.32. The van der Waals surface area contributed by atoms with Gasteiger partial charge in [0.15, 0.2) is 0 Å². The first-order chi connectivity index (χ1) is 9.81. The van der Waals surface area contributed by atoms with Gasteiger partial charge in [0.05, 0.1) is 24.7 Å². The Hall–Kier alpha value is 0.180. The van der Waals surface area contributed by atoms with Gasteiger partial charge in [0.2, 0.25) is 10.0 Å². The largest absolute Gasteiger partial charge is 0.616 e. The van der Waals surface area contributed by atoms with E-state index in [9.17, 15) is 13.0 Å². The van der Waals surface area contributed by atoms with Gasteiger partial charge in [-0.25, -0.2) is 12.7 Å². The summed E-state index contributed by atoms with van der Waals surface area (Å²) in [6.07, 6.45) is 4.26. The number of rotatable bonds is 10. The summed E-state index contributed by atoms with van der Waals surface area (Å²) in [7, 11) is -1.68. The summed E-state index contributed by atoms with van der Waals surface area (Å²) in [5, 5.41) is 0.0943. The lowest BCUT2D eigenvalue weighted by Crippen LogP contribution is -2.46. The van der Waals surface area contributed by atoms with Gasteiger partial charge in [0.1, 0.15) is 5.25 Å². The quantitative estimate of drug-likeness (QED) is 0.564. The van der Waals surface area contributed by atoms with Crippen LogP contribution in [0.4, 0.5) is 0 Å². The average molecular weight is 356 g/mol. The molecule has 0 aliphatic carbocycles. The van der Waals surface area contributed by atoms with Crippen molar-refractivity contribution >= 4 is 21.2 Å². The van der Waals surface area contributed by atoms with Gasteiger partial charge in [-0.2, -0.15) is 0 Å². The Morgan fingerprint density at radius 1 is 1.32 bits per heavy atom. The maximum atomic E-state index is 11.8. The van der Waals surface area contributed by atoms with Crippen molar-refractivity contribution in [3.63, 3.8) is 0 Å². The van der Waals surface area contributed by atoms with Crippen molar-refractivity contribution in [2.45, 2.75) is 64.9 Å². The Labute approximate surface area is 140 Å². The highest BCUT2D eigenvalue weighted by Crippen LogP contribution is 2.33. The van der Waals surface area contributed by atoms with Crippen molar-refractivity contribution in [1.29, 1.82) is 0 Å². The predicted octanol–water partition coefficient (Wildman–Crippen LogP) is 2.24. The van der Waals surface area contributed by atoms with Crippen LogP contribution in [-0.4, -0.2) is 60.8 Å². The van der Waals surface area contributed by atoms with E-state index in [4.69, 9.17) is 4.74 Å². The molecule has 0 spiro atoms. The van der Waals surface area contributed by atoms with Crippen molar-refractivity contribution in [2.24, 2.45) is 5.41 Å². The summed E-state index contributed by atoms with van der Waals surface area (Å²) in [6, 6.07) is 0. The van der Waals surface area contributed by atoms with Crippen molar-refractivity contribution in [1.82, 2.24) is 4.31 Å². The van der Waals surface area contributed by atoms with E-state index in [2.05, 4.69) is 13.8 Å². The van der Waals surface area contributed by atoms with E-state index in [1.54, 1.807) is 13.3 Å². The molecule has 0 rings (SSSR count). The normalized spacial score (nSPS) is 17.8. The number of hydrogen-bond donors (Lipinski definition) is 0. The third-order valence-electron chi connectivity index (χ3n) is 3.98. The molecular formula is C15H33NO4S2. The van der Waals surface area contributed by atoms with Crippen LogP contribution >= 0.6 is 0 Å². The molecule has 0 saturated heterocycles. The fraction of sp³-hybridized carbons (Fsp3) is 1.00. The van der Waals surface area contributed by atoms with Gasteiger partial charge in [-0.15, -0.1) is 0 Å². The molecule has 0 amide bonds. The first kappa shape index (κ1) is 22.2. The zero-order chi connectivity index (χ0) is 17.7. The molecule has 0 bridgehead atoms. The number of ether oxygens (including phenoxy) is 1. The highest BCUT2D eigenvalue weighted by Gasteiger charge is 2.37. The molecule has 0 aliphatic heterocycles. The molecule has 0 N–H and O–H groups in total. The number of likely N-dealkylation sites (N-methyl/N-ethyl adjacent to an activating group) is 1. The monoisotopic (exact) mass is 355 g/mol. The van der Waals surface area contributed by atoms with Crippen LogP contribution in [0.2, 0.25) is 0 Å². The summed E-state index contributed by atoms with van der Waals surface area (Å²) >= 11 is -0.896. The van der Waals surface area contributed by atoms with E-state index in [1.807, 2.05) is 20.8 Å². The number of sulfonamides is 1. The van der Waals surface area contributed by atoms with Gasteiger partial charge in [-0.3, -0.25) is 0 Å². The Morgan fingerprint density at radius 3 is 2.14 bits per heavy atom. The summed E-state index contributed by atoms with van der Waals surface area (Å²) < 4.78 is 42.5. The van der Waals surface area contributed by atoms with Crippen molar-refractivity contribution in [2.75, 3.05) is 26.1 Å². The molecule has 0 heterocycles. The number of hydrogen-bond acceptors (Lipinski definition) is 4. The molecule has 7 heteroatoms. The van der Waals surface area contributed by atoms with Crippen LogP contribution in [-0.2, 0) is 25.9 Å². The van der Waals surface area contributed by atoms with Gasteiger partial charge in [-0.1, -0.05) is 31.9 Å². The Morgan fingerprint density at radius 2 is 1.82 bits per heavy atom. The maximum absolute atomic E-state index is 11.8. The van der Waals surface area contributed by atoms with E-state index in [0.29, 0.717) is 6.54 Å². The minimum atomic E-state index is -3.25. The third kappa shape index (κ3) is 7.64. The fourth-order valence-corrected chi connectivity index (χ4v) is 3.93. The second kappa shape index (κ2) is 8.87. The van der Waals surface area contributed by atoms with Crippen LogP contribution in [0.3, 0.4) is 0 Å². The van der Waals surface area contributed by atoms with E-state index >= 15 is 0 Å². The molecule has 0 aromatic carbocycles. The van der Waals surface area contributed by atoms with E-state index < -0.39 is 21.2 Å². The molecule has 3 atom stereocenters. The minimum Gasteiger partial charge on any atom is -0.616 e. The second-order valence-electron chi connectivity index (χ2n) is 6.94. The van der Waals surface area contributed by atoms with Crippen molar-refractivity contribution < 1.29 is 17.7 Å². The summed E-state index contributed by atoms with van der Waals surface area (Å²) in [5.41, 5.74) is -0.268. The predicted molar refractivity (Wildman–Crippen MR) is 94.0 cm³/mol. The smallest absolute Gasteiger partial charge is 0.211 e. The van der Waals surface area contributed by atoms with Gasteiger partial charge >= 0.3 is 0 Å². The molecule has 134 valence electrons. The fourth-order valence-electron chi connectivity index (χ4n) is 2.39. The molecule has 22 heavy (non-hydrogen) atoms. The van der Waals surface area contributed by atoms with E-state index in [1.165, 1.54) is 10.6 Å². The van der Waals surface area contributed by atoms with Gasteiger partial charge < -0.3 is 9.29 Å². The van der Waals surface area contributed by atoms with Crippen molar-refractivity contribution in [3.8, 4) is 0 Å². The van der Waals surface area contributed by atoms with Crippen LogP contribution in [0.15, 0.2) is 0 Å². The van der Waals surface area contributed by atoms with Gasteiger partial charge in [-0.05, 0) is 25.7 Å². The molecule has 0 aromatic rings. The molecule has 0 fully saturated rings. The first-order valence-corrected chi connectivity index (χ1v) is 11.2. The highest BCUT2D eigenvalue weighted by atomic mass is 32.2. The lowest BCUT2D eigenvalue weighted by molar-refractivity contribution is -0.0665. The van der Waals surface area contributed by atoms with Crippen molar-refractivity contribution in [3.05, 3.63) is 0 Å². The zero-order valence-corrected chi connectivity index (χ0v) is 16.9. The molecular weight excluding hydrogens is 322 g/mol. The lowest BCUT2D eigenvalue weighted by Gasteiger charge is -2.39. The Balaban J connectivity index is 5.21. The first-order valence-electron chi connectivity index (χ1n) is 7.70. The SMILES string of the molecule is CCC(CC(C)(C)C(CN(C)S(C)(=O)=O)OC(C)C)[S@+](C)[O-]. The van der Waals surface area contributed by atoms with E-state index in [0.717, 1.165) is 12.8 Å². The molecule has 0 saturated carbocycles. The van der Waals surface area contributed by atoms with E-state index in [-0.39, 0.29) is 22.9 Å². The highest BCUT2D eigenvalue weighted by molar-refractivity contribution is 7.91. The summed E-state index contributed by atoms with van der Waals surface area (Å²) in [6.45, 7) is 10.3. The summed E-state index contributed by atoms with van der Waals surface area (Å²) in [4.78, 5) is 0. The maximum Gasteiger partial charge on any atom is 0.211 e. The third-order valence-corrected chi connectivity index (χ3v) is 6.70. The van der Waals surface area contributed by atoms with Crippen LogP contribution in [0.5, 0.6) is 0 Å². The molecule has 0 aromatic heterocycles. The number of nitrogens with zero attached hydrogens (tertiary/aromatic N) is 1. The molecule has 0 aliphatic rings. The molecule has 2 unspecified atom stereocenters. The molecule has 5 nitrogen and oxygen atoms in total. The van der Waals surface area contributed by atoms with Gasteiger partial charge in [0.25, 0.3) is 0 Å². The molecule has 0 radical (unpaired) electrons. The second-order valence-corrected chi connectivity index (χ2v) is 10.7. The zero-order valence-electron chi connectivity index (χ0n) is 15.3. The van der Waals surface area contributed by atoms with Crippen LogP contribution in [0.25, 0.3) is 0 Å². The van der Waals surface area contributed by atoms with Crippen LogP contribution in [0, 0.1) is 5.41 Å². The standard InChI is InChI=1S/C15H33NO4S2/c1-9-13(21(7)17)10-15(4,5)14(20-12(2)3)11-16(6)22(8,18)19/h12-14H,9-11H2,1-8H3/t13?,14?,21-/m0/s1. The Kier molecular flexibility index (Phi) is 8.94. The van der Waals surface area contributed by atoms with Crippen LogP contribution in [0.1, 0.15) is 47.5 Å². The minimum absolute atomic E-state index is 0.00411.